The molecule has 0 unspecified atom stereocenters. The number of aromatic nitrogens is 12. The summed E-state index contributed by atoms with van der Waals surface area (Å²) in [6, 6.07) is 46.3. The molecule has 3 amide bonds. The average Bonchev–Trinajstić information content (AvgIpc) is 1.63. The molecule has 3 aliphatic heterocycles. The number of nitrogen functional groups attached to an aromatic ring is 3. The monoisotopic (exact) mass is 1520 g/mol. The van der Waals surface area contributed by atoms with Gasteiger partial charge >= 0.3 is 0 Å². The Morgan fingerprint density at radius 2 is 0.850 bits per heavy atom. The molecule has 113 heavy (non-hydrogen) atoms. The number of rotatable bonds is 21. The molecule has 0 spiro atoms. The summed E-state index contributed by atoms with van der Waals surface area (Å²) in [5.74, 6) is 0.814. The lowest BCUT2D eigenvalue weighted by Gasteiger charge is -2.32. The summed E-state index contributed by atoms with van der Waals surface area (Å²) in [5.41, 5.74) is 31.0. The van der Waals surface area contributed by atoms with E-state index in [0.29, 0.717) is 178 Å². The minimum absolute atomic E-state index is 0.00250. The van der Waals surface area contributed by atoms with Crippen LogP contribution in [-0.4, -0.2) is 148 Å². The molecule has 0 radical (unpaired) electrons. The van der Waals surface area contributed by atoms with E-state index in [1.807, 2.05) is 86.8 Å². The molecule has 3 aliphatic rings. The van der Waals surface area contributed by atoms with Gasteiger partial charge in [0.15, 0.2) is 40.0 Å². The van der Waals surface area contributed by atoms with Crippen molar-refractivity contribution in [1.82, 2.24) is 73.9 Å². The van der Waals surface area contributed by atoms with Crippen LogP contribution in [0.25, 0.3) is 71.7 Å². The Morgan fingerprint density at radius 3 is 1.22 bits per heavy atom. The van der Waals surface area contributed by atoms with E-state index in [9.17, 15) is 28.8 Å². The van der Waals surface area contributed by atoms with Gasteiger partial charge in [-0.15, -0.1) is 0 Å². The zero-order valence-corrected chi connectivity index (χ0v) is 62.8. The number of benzene rings is 6. The summed E-state index contributed by atoms with van der Waals surface area (Å²) in [6.45, 7) is 21.8. The fraction of sp³-hybridized carbons (Fsp3) is 0.244. The number of ketones is 3. The Labute approximate surface area is 656 Å². The highest BCUT2D eigenvalue weighted by atomic mass is 35.5. The van der Waals surface area contributed by atoms with E-state index in [4.69, 9.17) is 55.9 Å². The fourth-order valence-corrected chi connectivity index (χ4v) is 14.8. The lowest BCUT2D eigenvalue weighted by Crippen LogP contribution is -2.40. The van der Waals surface area contributed by atoms with Gasteiger partial charge in [-0.25, -0.2) is 48.8 Å². The number of halogens is 1. The maximum atomic E-state index is 12.7. The van der Waals surface area contributed by atoms with Crippen molar-refractivity contribution in [3.05, 3.63) is 258 Å². The maximum absolute atomic E-state index is 12.7. The largest absolute Gasteiger partial charge is 0.383 e. The fourth-order valence-electron chi connectivity index (χ4n) is 14.7. The number of likely N-dealkylation sites (tertiary alicyclic amines) is 3. The first kappa shape index (κ1) is 77.4. The molecular weight excluding hydrogens is 1440 g/mol. The number of Topliss-reactive ketones (excluding diaryl/α,β-unsaturated/α-hetero) is 3. The van der Waals surface area contributed by atoms with Crippen LogP contribution in [0.2, 0.25) is 5.02 Å². The first-order valence-electron chi connectivity index (χ1n) is 37.2. The minimum atomic E-state index is -0.0906. The molecule has 3 atom stereocenters. The standard InChI is InChI=1S/2C29H27N7O2.C28H27ClN6O2/c1-3-25(38)35-16-6-7-21(17-35)36-29-26(28(30)32-18-33-29)27(34-36)20-13-10-19(11-14-20)12-15-24(37)22-8-4-5-9-23(22)31-2;1-2-25(38)35-14-4-7-23(17-35)36-29-26(28(31)32-18-33-29)27(34-36)21-11-8-19(9-12-21)10-13-24(37)22-6-3-5-20(15-22)16-30;1-2-24(37)34-15-3-4-22(16-34)35-28-25(27(30)31-17-32-28)26(33-35)20-8-5-18(6-9-20)7-14-23(36)19-10-12-21(29)13-11-19/h3-5,8-11,13-14,18,21H,1,6-7,12,15-17H2,(H2,30,32,33);2-3,5-6,8-9,11-12,15,18,23H,1,4,7,10,13-14,17H2,(H2,31,32,33);2,5-6,8-13,17,22H,1,3-4,7,14-16H2,(H2,30,31,32)/t21-;23-;22-/m111/s1. The first-order valence-corrected chi connectivity index (χ1v) is 37.6. The number of para-hydroxylation sites is 1. The predicted molar refractivity (Wildman–Crippen MR) is 434 cm³/mol. The third-order valence-electron chi connectivity index (χ3n) is 20.6. The highest BCUT2D eigenvalue weighted by molar-refractivity contribution is 6.30. The van der Waals surface area contributed by atoms with Gasteiger partial charge in [0.2, 0.25) is 17.7 Å². The van der Waals surface area contributed by atoms with Crippen molar-refractivity contribution in [2.24, 2.45) is 0 Å². The third kappa shape index (κ3) is 17.5. The van der Waals surface area contributed by atoms with Gasteiger partial charge in [0, 0.05) is 96.9 Å². The van der Waals surface area contributed by atoms with Crippen LogP contribution in [-0.2, 0) is 33.6 Å². The Hall–Kier alpha value is -13.7. The molecule has 3 fully saturated rings. The van der Waals surface area contributed by atoms with Crippen LogP contribution < -0.4 is 17.2 Å². The molecule has 0 saturated carbocycles. The van der Waals surface area contributed by atoms with E-state index in [2.05, 4.69) is 60.6 Å². The topological polar surface area (TPSA) is 349 Å². The summed E-state index contributed by atoms with van der Waals surface area (Å²) in [7, 11) is 0. The van der Waals surface area contributed by atoms with Gasteiger partial charge in [-0.3, -0.25) is 28.8 Å². The van der Waals surface area contributed by atoms with Crippen molar-refractivity contribution in [3.63, 3.8) is 0 Å². The van der Waals surface area contributed by atoms with Gasteiger partial charge < -0.3 is 31.9 Å². The molecule has 6 aromatic carbocycles. The van der Waals surface area contributed by atoms with Gasteiger partial charge in [-0.2, -0.15) is 20.6 Å². The van der Waals surface area contributed by atoms with E-state index in [-0.39, 0.29) is 53.2 Å². The summed E-state index contributed by atoms with van der Waals surface area (Å²) in [6.07, 6.45) is 16.3. The van der Waals surface area contributed by atoms with E-state index >= 15 is 0 Å². The highest BCUT2D eigenvalue weighted by Gasteiger charge is 2.32. The van der Waals surface area contributed by atoms with Gasteiger partial charge in [0.1, 0.15) is 53.5 Å². The van der Waals surface area contributed by atoms with Crippen LogP contribution in [0.15, 0.2) is 203 Å². The molecule has 27 heteroatoms. The van der Waals surface area contributed by atoms with E-state index in [0.717, 1.165) is 71.9 Å². The number of nitriles is 1. The number of nitrogens with two attached hydrogens (primary N) is 3. The SMILES string of the molecule is C=CC(=O)N1CCC[C@@H](n2nc(-c3ccc(CCC(=O)c4ccc(Cl)cc4)cc3)c3c(N)ncnc32)C1.C=CC(=O)N1CCC[C@@H](n2nc(-c3ccc(CCC(=O)c4cccc(C#N)c4)cc3)c3c(N)ncnc32)C1.[C-]#[N+]c1ccccc1C(=O)CCc1ccc(-c2nn([C@@H]3CCCN(C(=O)C=C)C3)c3ncnc(N)c23)cc1. The molecule has 6 N–H and O–H groups in total. The Morgan fingerprint density at radius 1 is 0.478 bits per heavy atom. The van der Waals surface area contributed by atoms with E-state index in [1.54, 1.807) is 87.5 Å². The number of hydrogen-bond acceptors (Lipinski definition) is 19. The molecule has 12 aromatic rings. The number of carbonyl (C=O) groups excluding carboxylic acids is 6. The van der Waals surface area contributed by atoms with Crippen molar-refractivity contribution in [1.29, 1.82) is 5.26 Å². The number of nitrogens with zero attached hydrogens (tertiary/aromatic N) is 17. The quantitative estimate of drug-likeness (QED) is 0.0342. The zero-order chi connectivity index (χ0) is 79.2. The summed E-state index contributed by atoms with van der Waals surface area (Å²) >= 11 is 5.92. The molecule has 3 saturated heterocycles. The zero-order valence-electron chi connectivity index (χ0n) is 62.1. The number of anilines is 3. The third-order valence-corrected chi connectivity index (χ3v) is 20.9. The van der Waals surface area contributed by atoms with Gasteiger partial charge in [-0.05, 0) is 129 Å². The molecule has 6 aromatic heterocycles. The Balaban J connectivity index is 0.000000148. The van der Waals surface area contributed by atoms with Crippen LogP contribution in [0, 0.1) is 17.9 Å². The van der Waals surface area contributed by atoms with E-state index in [1.165, 1.54) is 37.2 Å². The molecule has 568 valence electrons. The number of hydrogen-bond donors (Lipinski definition) is 3. The second kappa shape index (κ2) is 35.3. The number of carbonyl (C=O) groups is 6. The van der Waals surface area contributed by atoms with Crippen molar-refractivity contribution < 1.29 is 28.8 Å². The van der Waals surface area contributed by atoms with Crippen LogP contribution >= 0.6 is 11.6 Å². The molecule has 26 nitrogen and oxygen atoms in total. The average molecular weight is 1530 g/mol. The second-order valence-electron chi connectivity index (χ2n) is 27.8. The van der Waals surface area contributed by atoms with Gasteiger partial charge in [0.25, 0.3) is 0 Å². The van der Waals surface area contributed by atoms with Gasteiger partial charge in [0.05, 0.1) is 52.5 Å². The first-order chi connectivity index (χ1) is 54.9. The van der Waals surface area contributed by atoms with Crippen molar-refractivity contribution in [3.8, 4) is 39.8 Å². The van der Waals surface area contributed by atoms with Crippen LogP contribution in [0.1, 0.15) is 129 Å². The molecule has 15 rings (SSSR count). The van der Waals surface area contributed by atoms with Crippen molar-refractivity contribution in [2.45, 2.75) is 95.2 Å². The second-order valence-corrected chi connectivity index (χ2v) is 28.2. The number of fused-ring (bicyclic) bond motifs is 3. The Kier molecular flexibility index (Phi) is 24.2. The summed E-state index contributed by atoms with van der Waals surface area (Å²) < 4.78 is 5.61. The molecular formula is C86H81ClN20O6. The summed E-state index contributed by atoms with van der Waals surface area (Å²) in [4.78, 5) is 109. The Bertz CT molecular complexity index is 5700. The predicted octanol–water partition coefficient (Wildman–Crippen LogP) is 13.8. The lowest BCUT2D eigenvalue weighted by molar-refractivity contribution is -0.128. The van der Waals surface area contributed by atoms with Crippen molar-refractivity contribution >= 4 is 103 Å². The number of aryl methyl sites for hydroxylation is 3. The van der Waals surface area contributed by atoms with E-state index < -0.39 is 0 Å². The van der Waals surface area contributed by atoms with Crippen LogP contribution in [0.3, 0.4) is 0 Å². The molecule has 9 heterocycles. The smallest absolute Gasteiger partial charge is 0.246 e. The normalized spacial score (nSPS) is 15.4. The highest BCUT2D eigenvalue weighted by Crippen LogP contribution is 2.38. The maximum Gasteiger partial charge on any atom is 0.246 e. The summed E-state index contributed by atoms with van der Waals surface area (Å²) in [5, 5.41) is 26.5. The van der Waals surface area contributed by atoms with Crippen molar-refractivity contribution in [2.75, 3.05) is 56.5 Å². The molecule has 0 aliphatic carbocycles. The minimum Gasteiger partial charge on any atom is -0.383 e. The molecule has 0 bridgehead atoms. The number of piperidine rings is 3. The van der Waals surface area contributed by atoms with Crippen LogP contribution in [0.4, 0.5) is 23.1 Å². The van der Waals surface area contributed by atoms with Gasteiger partial charge in [-0.1, -0.05) is 141 Å². The van der Waals surface area contributed by atoms with Crippen LogP contribution in [0.5, 0.6) is 0 Å². The number of amides is 3. The lowest BCUT2D eigenvalue weighted by atomic mass is 10.00.